The molecule has 0 aliphatic heterocycles. The van der Waals surface area contributed by atoms with Gasteiger partial charge in [-0.1, -0.05) is 5.16 Å². The van der Waals surface area contributed by atoms with Crippen LogP contribution in [0.1, 0.15) is 19.3 Å². The van der Waals surface area contributed by atoms with Crippen LogP contribution < -0.4 is 10.6 Å². The van der Waals surface area contributed by atoms with Crippen molar-refractivity contribution in [3.8, 4) is 0 Å². The molecule has 1 fully saturated rings. The minimum atomic E-state index is 0.233. The maximum Gasteiger partial charge on any atom is 0.180 e. The number of rotatable bonds is 5. The zero-order chi connectivity index (χ0) is 13.9. The highest BCUT2D eigenvalue weighted by Gasteiger charge is 2.30. The van der Waals surface area contributed by atoms with Crippen molar-refractivity contribution in [2.75, 3.05) is 11.4 Å². The van der Waals surface area contributed by atoms with E-state index in [0.29, 0.717) is 24.7 Å². The van der Waals surface area contributed by atoms with E-state index in [1.54, 1.807) is 12.4 Å². The first-order valence-electron chi connectivity index (χ1n) is 6.59. The summed E-state index contributed by atoms with van der Waals surface area (Å²) in [6.07, 6.45) is 6.09. The Morgan fingerprint density at radius 3 is 2.90 bits per heavy atom. The van der Waals surface area contributed by atoms with Gasteiger partial charge >= 0.3 is 0 Å². The molecule has 7 heteroatoms. The van der Waals surface area contributed by atoms with Gasteiger partial charge in [0.1, 0.15) is 17.2 Å². The molecule has 104 valence electrons. The van der Waals surface area contributed by atoms with Crippen LogP contribution in [0.2, 0.25) is 0 Å². The van der Waals surface area contributed by atoms with Crippen LogP contribution in [0.15, 0.2) is 29.7 Å². The molecule has 0 atom stereocenters. The average Bonchev–Trinajstić information content (AvgIpc) is 3.32. The van der Waals surface area contributed by atoms with E-state index in [0.717, 1.165) is 24.2 Å². The van der Waals surface area contributed by atoms with Gasteiger partial charge in [-0.2, -0.15) is 0 Å². The number of hydrogen-bond donors (Lipinski definition) is 2. The number of oxime groups is 1. The first kappa shape index (κ1) is 12.6. The van der Waals surface area contributed by atoms with E-state index in [4.69, 9.17) is 10.9 Å². The third kappa shape index (κ3) is 2.61. The lowest BCUT2D eigenvalue weighted by Crippen LogP contribution is -2.30. The second-order valence-electron chi connectivity index (χ2n) is 4.83. The Hall–Kier alpha value is -2.44. The minimum absolute atomic E-state index is 0.233. The molecule has 1 aliphatic rings. The Kier molecular flexibility index (Phi) is 3.32. The van der Waals surface area contributed by atoms with Crippen LogP contribution in [0.3, 0.4) is 0 Å². The van der Waals surface area contributed by atoms with Crippen molar-refractivity contribution in [3.05, 3.63) is 24.5 Å². The zero-order valence-electron chi connectivity index (χ0n) is 11.0. The summed E-state index contributed by atoms with van der Waals surface area (Å²) in [7, 11) is 0. The second kappa shape index (κ2) is 5.28. The van der Waals surface area contributed by atoms with Crippen molar-refractivity contribution in [1.82, 2.24) is 15.0 Å². The van der Waals surface area contributed by atoms with Gasteiger partial charge in [-0.3, -0.25) is 4.98 Å². The molecule has 0 unspecified atom stereocenters. The number of nitrogens with zero attached hydrogens (tertiary/aromatic N) is 5. The lowest BCUT2D eigenvalue weighted by atomic mass is 10.3. The summed E-state index contributed by atoms with van der Waals surface area (Å²) in [5.74, 6) is 1.10. The van der Waals surface area contributed by atoms with E-state index in [-0.39, 0.29) is 5.84 Å². The monoisotopic (exact) mass is 272 g/mol. The number of hydrogen-bond acceptors (Lipinski definition) is 6. The largest absolute Gasteiger partial charge is 0.409 e. The smallest absolute Gasteiger partial charge is 0.180 e. The van der Waals surface area contributed by atoms with Crippen molar-refractivity contribution >= 4 is 22.8 Å². The van der Waals surface area contributed by atoms with E-state index >= 15 is 0 Å². The minimum Gasteiger partial charge on any atom is -0.409 e. The van der Waals surface area contributed by atoms with Gasteiger partial charge in [-0.15, -0.1) is 0 Å². The number of nitrogens with two attached hydrogens (primary N) is 1. The maximum absolute atomic E-state index is 8.62. The highest BCUT2D eigenvalue weighted by Crippen LogP contribution is 2.31. The molecule has 0 aromatic carbocycles. The van der Waals surface area contributed by atoms with Gasteiger partial charge in [-0.25, -0.2) is 9.97 Å². The van der Waals surface area contributed by atoms with E-state index in [2.05, 4.69) is 25.0 Å². The molecule has 1 aliphatic carbocycles. The molecule has 20 heavy (non-hydrogen) atoms. The number of anilines is 1. The highest BCUT2D eigenvalue weighted by molar-refractivity contribution is 5.80. The lowest BCUT2D eigenvalue weighted by molar-refractivity contribution is 0.317. The molecule has 1 saturated carbocycles. The van der Waals surface area contributed by atoms with Gasteiger partial charge in [0.25, 0.3) is 0 Å². The molecule has 2 heterocycles. The molecule has 3 N–H and O–H groups in total. The summed E-state index contributed by atoms with van der Waals surface area (Å²) in [6, 6.07) is 4.36. The van der Waals surface area contributed by atoms with Crippen LogP contribution >= 0.6 is 0 Å². The summed E-state index contributed by atoms with van der Waals surface area (Å²) in [5, 5.41) is 11.6. The number of amidine groups is 1. The second-order valence-corrected chi connectivity index (χ2v) is 4.83. The van der Waals surface area contributed by atoms with Crippen molar-refractivity contribution in [2.45, 2.75) is 25.3 Å². The van der Waals surface area contributed by atoms with Crippen molar-refractivity contribution in [2.24, 2.45) is 10.9 Å². The first-order chi connectivity index (χ1) is 9.78. The fraction of sp³-hybridized carbons (Fsp3) is 0.385. The Labute approximate surface area is 116 Å². The lowest BCUT2D eigenvalue weighted by Gasteiger charge is -2.23. The molecular formula is C13H16N6O. The topological polar surface area (TPSA) is 101 Å². The van der Waals surface area contributed by atoms with E-state index in [1.165, 1.54) is 0 Å². The quantitative estimate of drug-likeness (QED) is 0.366. The van der Waals surface area contributed by atoms with Gasteiger partial charge in [-0.05, 0) is 25.0 Å². The van der Waals surface area contributed by atoms with E-state index in [1.807, 2.05) is 12.1 Å². The predicted molar refractivity (Wildman–Crippen MR) is 75.7 cm³/mol. The first-order valence-corrected chi connectivity index (χ1v) is 6.59. The molecule has 2 aromatic heterocycles. The fourth-order valence-corrected chi connectivity index (χ4v) is 2.16. The standard InChI is InChI=1S/C13H16N6O/c14-11(18-20)5-8-19(9-1-2-9)12-4-3-10-13(17-12)16-7-6-15-10/h3-4,6-7,9,20H,1-2,5,8H2,(H2,14,18). The normalized spacial score (nSPS) is 15.5. The van der Waals surface area contributed by atoms with Gasteiger partial charge in [0, 0.05) is 31.4 Å². The molecule has 2 aromatic rings. The van der Waals surface area contributed by atoms with Crippen LogP contribution in [-0.2, 0) is 0 Å². The van der Waals surface area contributed by atoms with Crippen LogP contribution in [-0.4, -0.2) is 38.6 Å². The van der Waals surface area contributed by atoms with Gasteiger partial charge in [0.15, 0.2) is 5.65 Å². The molecule has 0 saturated heterocycles. The third-order valence-corrected chi connectivity index (χ3v) is 3.34. The van der Waals surface area contributed by atoms with Crippen LogP contribution in [0.5, 0.6) is 0 Å². The zero-order valence-corrected chi connectivity index (χ0v) is 11.0. The molecule has 0 bridgehead atoms. The number of pyridine rings is 1. The Morgan fingerprint density at radius 2 is 2.15 bits per heavy atom. The Bertz CT molecular complexity index is 640. The number of aromatic nitrogens is 3. The SMILES string of the molecule is N/C(CCN(c1ccc2nccnc2n1)C1CC1)=N/O. The summed E-state index contributed by atoms with van der Waals surface area (Å²) in [4.78, 5) is 15.2. The van der Waals surface area contributed by atoms with Crippen LogP contribution in [0.4, 0.5) is 5.82 Å². The average molecular weight is 272 g/mol. The summed E-state index contributed by atoms with van der Waals surface area (Å²) in [5.41, 5.74) is 6.96. The van der Waals surface area contributed by atoms with Crippen molar-refractivity contribution < 1.29 is 5.21 Å². The fourth-order valence-electron chi connectivity index (χ4n) is 2.16. The molecule has 0 radical (unpaired) electrons. The van der Waals surface area contributed by atoms with Crippen LogP contribution in [0.25, 0.3) is 11.2 Å². The molecule has 7 nitrogen and oxygen atoms in total. The molecule has 3 rings (SSSR count). The van der Waals surface area contributed by atoms with Crippen molar-refractivity contribution in [3.63, 3.8) is 0 Å². The summed E-state index contributed by atoms with van der Waals surface area (Å²) < 4.78 is 0. The molecule has 0 spiro atoms. The van der Waals surface area contributed by atoms with E-state index < -0.39 is 0 Å². The predicted octanol–water partition coefficient (Wildman–Crippen LogP) is 1.13. The van der Waals surface area contributed by atoms with Gasteiger partial charge < -0.3 is 15.8 Å². The van der Waals surface area contributed by atoms with E-state index in [9.17, 15) is 0 Å². The molecular weight excluding hydrogens is 256 g/mol. The number of fused-ring (bicyclic) bond motifs is 1. The van der Waals surface area contributed by atoms with Crippen molar-refractivity contribution in [1.29, 1.82) is 0 Å². The maximum atomic E-state index is 8.62. The third-order valence-electron chi connectivity index (χ3n) is 3.34. The Morgan fingerprint density at radius 1 is 1.35 bits per heavy atom. The van der Waals surface area contributed by atoms with Gasteiger partial charge in [0.2, 0.25) is 0 Å². The summed E-state index contributed by atoms with van der Waals surface area (Å²) in [6.45, 7) is 0.680. The summed E-state index contributed by atoms with van der Waals surface area (Å²) >= 11 is 0. The highest BCUT2D eigenvalue weighted by atomic mass is 16.4. The molecule has 0 amide bonds. The van der Waals surface area contributed by atoms with Gasteiger partial charge in [0.05, 0.1) is 0 Å². The van der Waals surface area contributed by atoms with Crippen LogP contribution in [0, 0.1) is 0 Å². The Balaban J connectivity index is 1.85.